The van der Waals surface area contributed by atoms with Gasteiger partial charge in [0.05, 0.1) is 12.8 Å². The van der Waals surface area contributed by atoms with Crippen molar-refractivity contribution in [1.82, 2.24) is 4.31 Å². The molecule has 1 aromatic rings. The topological polar surface area (TPSA) is 66.5 Å². The van der Waals surface area contributed by atoms with Crippen LogP contribution in [-0.2, 0) is 14.8 Å². The first-order chi connectivity index (χ1) is 11.2. The van der Waals surface area contributed by atoms with Crippen molar-refractivity contribution in [2.75, 3.05) is 24.7 Å². The molecule has 1 aromatic carbocycles. The summed E-state index contributed by atoms with van der Waals surface area (Å²) in [5.41, 5.74) is 2.83. The molecule has 0 fully saturated rings. The number of amides is 1. The number of benzene rings is 1. The molecule has 5 nitrogen and oxygen atoms in total. The highest BCUT2D eigenvalue weighted by molar-refractivity contribution is 7.88. The molecule has 24 heavy (non-hydrogen) atoms. The van der Waals surface area contributed by atoms with E-state index in [9.17, 15) is 13.2 Å². The Balaban J connectivity index is 2.87. The maximum Gasteiger partial charge on any atom is 0.239 e. The SMILES string of the molecule is CCCCCN(CC(=O)Nc1c(C)cccc1C(C)C)S(C)(=O)=O. The minimum Gasteiger partial charge on any atom is -0.324 e. The first-order valence-electron chi connectivity index (χ1n) is 8.51. The zero-order valence-electron chi connectivity index (χ0n) is 15.4. The molecule has 1 amide bonds. The van der Waals surface area contributed by atoms with Crippen LogP contribution in [0.4, 0.5) is 5.69 Å². The summed E-state index contributed by atoms with van der Waals surface area (Å²) in [6.07, 6.45) is 3.87. The number of sulfonamides is 1. The Kier molecular flexibility index (Phi) is 7.90. The maximum absolute atomic E-state index is 12.4. The predicted molar refractivity (Wildman–Crippen MR) is 99.8 cm³/mol. The van der Waals surface area contributed by atoms with E-state index in [1.807, 2.05) is 25.1 Å². The van der Waals surface area contributed by atoms with Gasteiger partial charge in [0.25, 0.3) is 0 Å². The number of nitrogens with one attached hydrogen (secondary N) is 1. The van der Waals surface area contributed by atoms with E-state index in [1.54, 1.807) is 0 Å². The highest BCUT2D eigenvalue weighted by Crippen LogP contribution is 2.27. The quantitative estimate of drug-likeness (QED) is 0.690. The molecule has 0 saturated carbocycles. The summed E-state index contributed by atoms with van der Waals surface area (Å²) in [6.45, 7) is 8.37. The first kappa shape index (κ1) is 20.6. The van der Waals surface area contributed by atoms with Crippen LogP contribution in [0.25, 0.3) is 0 Å². The van der Waals surface area contributed by atoms with E-state index >= 15 is 0 Å². The van der Waals surface area contributed by atoms with Crippen LogP contribution in [0.5, 0.6) is 0 Å². The number of unbranched alkanes of at least 4 members (excludes halogenated alkanes) is 2. The summed E-state index contributed by atoms with van der Waals surface area (Å²) < 4.78 is 25.1. The minimum atomic E-state index is -3.40. The third kappa shape index (κ3) is 6.24. The fraction of sp³-hybridized carbons (Fsp3) is 0.611. The Hall–Kier alpha value is -1.40. The summed E-state index contributed by atoms with van der Waals surface area (Å²) in [6, 6.07) is 5.90. The molecule has 0 unspecified atom stereocenters. The van der Waals surface area contributed by atoms with E-state index < -0.39 is 10.0 Å². The van der Waals surface area contributed by atoms with Crippen molar-refractivity contribution in [3.05, 3.63) is 29.3 Å². The number of anilines is 1. The molecule has 0 aliphatic carbocycles. The molecule has 0 spiro atoms. The van der Waals surface area contributed by atoms with Crippen LogP contribution in [0.1, 0.15) is 57.1 Å². The van der Waals surface area contributed by atoms with Gasteiger partial charge in [0.15, 0.2) is 0 Å². The van der Waals surface area contributed by atoms with Crippen LogP contribution in [0.3, 0.4) is 0 Å². The summed E-state index contributed by atoms with van der Waals surface area (Å²) in [7, 11) is -3.40. The van der Waals surface area contributed by atoms with Crippen molar-refractivity contribution < 1.29 is 13.2 Å². The second kappa shape index (κ2) is 9.18. The lowest BCUT2D eigenvalue weighted by molar-refractivity contribution is -0.116. The second-order valence-electron chi connectivity index (χ2n) is 6.55. The van der Waals surface area contributed by atoms with E-state index in [4.69, 9.17) is 0 Å². The van der Waals surface area contributed by atoms with Crippen LogP contribution < -0.4 is 5.32 Å². The highest BCUT2D eigenvalue weighted by Gasteiger charge is 2.21. The van der Waals surface area contributed by atoms with E-state index in [1.165, 1.54) is 4.31 Å². The van der Waals surface area contributed by atoms with Gasteiger partial charge >= 0.3 is 0 Å². The Labute approximate surface area is 146 Å². The minimum absolute atomic E-state index is 0.144. The standard InChI is InChI=1S/C18H30N2O3S/c1-6-7-8-12-20(24(5,22)23)13-17(21)19-18-15(4)10-9-11-16(18)14(2)3/h9-11,14H,6-8,12-13H2,1-5H3,(H,19,21). The van der Waals surface area contributed by atoms with Gasteiger partial charge in [0.1, 0.15) is 0 Å². The number of aryl methyl sites for hydroxylation is 1. The summed E-state index contributed by atoms with van der Waals surface area (Å²) in [5, 5.41) is 2.91. The average molecular weight is 355 g/mol. The molecular formula is C18H30N2O3S. The molecule has 0 bridgehead atoms. The van der Waals surface area contributed by atoms with Crippen LogP contribution in [-0.4, -0.2) is 38.0 Å². The van der Waals surface area contributed by atoms with Gasteiger partial charge in [-0.1, -0.05) is 51.8 Å². The Morgan fingerprint density at radius 1 is 1.25 bits per heavy atom. The Bertz CT molecular complexity index is 654. The van der Waals surface area contributed by atoms with Crippen LogP contribution in [0.15, 0.2) is 18.2 Å². The van der Waals surface area contributed by atoms with Crippen molar-refractivity contribution in [2.24, 2.45) is 0 Å². The van der Waals surface area contributed by atoms with E-state index in [0.717, 1.165) is 42.3 Å². The van der Waals surface area contributed by atoms with E-state index in [0.29, 0.717) is 6.54 Å². The third-order valence-electron chi connectivity index (χ3n) is 3.99. The van der Waals surface area contributed by atoms with Gasteiger partial charge in [-0.05, 0) is 30.4 Å². The van der Waals surface area contributed by atoms with Gasteiger partial charge in [-0.25, -0.2) is 8.42 Å². The van der Waals surface area contributed by atoms with E-state index in [-0.39, 0.29) is 18.4 Å². The molecule has 0 aliphatic heterocycles. The molecule has 0 aliphatic rings. The number of rotatable bonds is 9. The molecule has 1 N–H and O–H groups in total. The van der Waals surface area contributed by atoms with Gasteiger partial charge in [0.2, 0.25) is 15.9 Å². The lowest BCUT2D eigenvalue weighted by Crippen LogP contribution is -2.38. The van der Waals surface area contributed by atoms with E-state index in [2.05, 4.69) is 26.1 Å². The molecule has 0 saturated heterocycles. The first-order valence-corrected chi connectivity index (χ1v) is 10.4. The fourth-order valence-electron chi connectivity index (χ4n) is 2.58. The highest BCUT2D eigenvalue weighted by atomic mass is 32.2. The van der Waals surface area contributed by atoms with Gasteiger partial charge in [-0.15, -0.1) is 0 Å². The second-order valence-corrected chi connectivity index (χ2v) is 8.53. The Morgan fingerprint density at radius 3 is 2.46 bits per heavy atom. The largest absolute Gasteiger partial charge is 0.324 e. The molecule has 0 radical (unpaired) electrons. The van der Waals surface area contributed by atoms with Gasteiger partial charge in [0, 0.05) is 12.2 Å². The molecule has 6 heteroatoms. The fourth-order valence-corrected chi connectivity index (χ4v) is 3.39. The molecule has 1 rings (SSSR count). The zero-order chi connectivity index (χ0) is 18.3. The molecule has 136 valence electrons. The average Bonchev–Trinajstić information content (AvgIpc) is 2.47. The number of carbonyl (C=O) groups is 1. The van der Waals surface area contributed by atoms with Crippen LogP contribution >= 0.6 is 0 Å². The normalized spacial score (nSPS) is 12.0. The number of carbonyl (C=O) groups excluding carboxylic acids is 1. The van der Waals surface area contributed by atoms with Gasteiger partial charge in [-0.3, -0.25) is 4.79 Å². The third-order valence-corrected chi connectivity index (χ3v) is 5.24. The van der Waals surface area contributed by atoms with Crippen molar-refractivity contribution in [2.45, 2.75) is 52.9 Å². The lowest BCUT2D eigenvalue weighted by Gasteiger charge is -2.21. The zero-order valence-corrected chi connectivity index (χ0v) is 16.2. The van der Waals surface area contributed by atoms with Crippen molar-refractivity contribution in [3.8, 4) is 0 Å². The van der Waals surface area contributed by atoms with Crippen molar-refractivity contribution in [3.63, 3.8) is 0 Å². The summed E-state index contributed by atoms with van der Waals surface area (Å²) in [5.74, 6) is -0.0242. The molecule has 0 atom stereocenters. The summed E-state index contributed by atoms with van der Waals surface area (Å²) in [4.78, 5) is 12.4. The molecular weight excluding hydrogens is 324 g/mol. The number of hydrogen-bond acceptors (Lipinski definition) is 3. The van der Waals surface area contributed by atoms with Crippen LogP contribution in [0, 0.1) is 6.92 Å². The molecule has 0 heterocycles. The monoisotopic (exact) mass is 354 g/mol. The van der Waals surface area contributed by atoms with Crippen LogP contribution in [0.2, 0.25) is 0 Å². The number of hydrogen-bond donors (Lipinski definition) is 1. The van der Waals surface area contributed by atoms with Crippen molar-refractivity contribution in [1.29, 1.82) is 0 Å². The maximum atomic E-state index is 12.4. The van der Waals surface area contributed by atoms with Crippen molar-refractivity contribution >= 4 is 21.6 Å². The number of nitrogens with zero attached hydrogens (tertiary/aromatic N) is 1. The van der Waals surface area contributed by atoms with Gasteiger partial charge < -0.3 is 5.32 Å². The van der Waals surface area contributed by atoms with Gasteiger partial charge in [-0.2, -0.15) is 4.31 Å². The summed E-state index contributed by atoms with van der Waals surface area (Å²) >= 11 is 0. The molecule has 0 aromatic heterocycles. The Morgan fingerprint density at radius 2 is 1.92 bits per heavy atom. The predicted octanol–water partition coefficient (Wildman–Crippen LogP) is 3.51. The number of para-hydroxylation sites is 1. The smallest absolute Gasteiger partial charge is 0.239 e. The lowest BCUT2D eigenvalue weighted by atomic mass is 9.98.